The quantitative estimate of drug-likeness (QED) is 0.355. The molecule has 0 aliphatic carbocycles. The first-order valence-corrected chi connectivity index (χ1v) is 11.1. The molecule has 0 saturated carbocycles. The van der Waals surface area contributed by atoms with Gasteiger partial charge >= 0.3 is 0 Å². The fourth-order valence-corrected chi connectivity index (χ4v) is 3.54. The second-order valence-corrected chi connectivity index (χ2v) is 8.03. The lowest BCUT2D eigenvalue weighted by molar-refractivity contribution is 0.275. The van der Waals surface area contributed by atoms with E-state index in [0.29, 0.717) is 38.7 Å². The highest BCUT2D eigenvalue weighted by molar-refractivity contribution is 6.32. The summed E-state index contributed by atoms with van der Waals surface area (Å²) in [6, 6.07) is 10.2. The maximum absolute atomic E-state index is 15.1. The summed E-state index contributed by atoms with van der Waals surface area (Å²) < 4.78 is 35.0. The number of methoxy groups -OCH3 is 1. The summed E-state index contributed by atoms with van der Waals surface area (Å²) in [5.74, 6) is 0.116. The number of alkyl halides is 1. The van der Waals surface area contributed by atoms with Gasteiger partial charge in [0.1, 0.15) is 17.2 Å². The van der Waals surface area contributed by atoms with Gasteiger partial charge in [-0.3, -0.25) is 0 Å². The molecule has 0 amide bonds. The molecular formula is C28H34ClF2NO. The largest absolute Gasteiger partial charge is 0.495 e. The van der Waals surface area contributed by atoms with Gasteiger partial charge in [0.25, 0.3) is 0 Å². The zero-order valence-electron chi connectivity index (χ0n) is 20.6. The Labute approximate surface area is 202 Å². The average molecular weight is 474 g/mol. The van der Waals surface area contributed by atoms with Gasteiger partial charge in [0, 0.05) is 29.6 Å². The van der Waals surface area contributed by atoms with Gasteiger partial charge in [-0.1, -0.05) is 69.0 Å². The fraction of sp³-hybridized carbons (Fsp3) is 0.286. The van der Waals surface area contributed by atoms with Crippen LogP contribution in [0.1, 0.15) is 45.7 Å². The Bertz CT molecular complexity index is 1050. The van der Waals surface area contributed by atoms with E-state index in [4.69, 9.17) is 16.3 Å². The highest BCUT2D eigenvalue weighted by atomic mass is 35.5. The lowest BCUT2D eigenvalue weighted by Gasteiger charge is -2.24. The van der Waals surface area contributed by atoms with Gasteiger partial charge in [0.2, 0.25) is 0 Å². The zero-order chi connectivity index (χ0) is 25.3. The van der Waals surface area contributed by atoms with E-state index >= 15 is 4.39 Å². The summed E-state index contributed by atoms with van der Waals surface area (Å²) in [4.78, 5) is 1.81. The molecule has 2 rings (SSSR count). The van der Waals surface area contributed by atoms with Crippen molar-refractivity contribution in [1.82, 2.24) is 0 Å². The minimum Gasteiger partial charge on any atom is -0.495 e. The summed E-state index contributed by atoms with van der Waals surface area (Å²) in [6.45, 7) is 16.3. The highest BCUT2D eigenvalue weighted by Crippen LogP contribution is 2.34. The van der Waals surface area contributed by atoms with E-state index in [1.165, 1.54) is 19.9 Å². The predicted molar refractivity (Wildman–Crippen MR) is 140 cm³/mol. The molecule has 0 atom stereocenters. The third-order valence-electron chi connectivity index (χ3n) is 5.08. The molecule has 178 valence electrons. The molecule has 0 radical (unpaired) electrons. The maximum atomic E-state index is 15.1. The number of nitrogens with zero attached hydrogens (tertiary/aromatic N) is 1. The van der Waals surface area contributed by atoms with E-state index < -0.39 is 11.5 Å². The molecule has 2 aromatic rings. The summed E-state index contributed by atoms with van der Waals surface area (Å²) in [5.41, 5.74) is 1.59. The van der Waals surface area contributed by atoms with Gasteiger partial charge < -0.3 is 9.64 Å². The normalized spacial score (nSPS) is 11.9. The first kappa shape index (κ1) is 28.2. The molecule has 2 aromatic carbocycles. The Balaban J connectivity index is 0.00000265. The van der Waals surface area contributed by atoms with E-state index in [-0.39, 0.29) is 0 Å². The number of hydrogen-bond acceptors (Lipinski definition) is 2. The van der Waals surface area contributed by atoms with Crippen LogP contribution in [0.5, 0.6) is 5.75 Å². The van der Waals surface area contributed by atoms with Crippen molar-refractivity contribution in [3.05, 3.63) is 95.3 Å². The van der Waals surface area contributed by atoms with Crippen molar-refractivity contribution >= 4 is 28.6 Å². The van der Waals surface area contributed by atoms with E-state index in [9.17, 15) is 4.39 Å². The summed E-state index contributed by atoms with van der Waals surface area (Å²) in [7, 11) is 3.37. The Morgan fingerprint density at radius 2 is 1.79 bits per heavy atom. The van der Waals surface area contributed by atoms with Crippen molar-refractivity contribution in [2.75, 3.05) is 19.1 Å². The molecule has 0 aliphatic rings. The Hall–Kier alpha value is -2.85. The van der Waals surface area contributed by atoms with Crippen LogP contribution in [0.3, 0.4) is 0 Å². The van der Waals surface area contributed by atoms with E-state index in [1.54, 1.807) is 56.5 Å². The van der Waals surface area contributed by atoms with Crippen LogP contribution in [0, 0.1) is 5.82 Å². The molecule has 0 bridgehead atoms. The molecule has 0 saturated heterocycles. The fourth-order valence-electron chi connectivity index (χ4n) is 3.29. The van der Waals surface area contributed by atoms with Crippen LogP contribution in [0.2, 0.25) is 5.02 Å². The third-order valence-corrected chi connectivity index (χ3v) is 5.37. The predicted octanol–water partition coefficient (Wildman–Crippen LogP) is 8.88. The molecular weight excluding hydrogens is 440 g/mol. The summed E-state index contributed by atoms with van der Waals surface area (Å²) in [6.07, 6.45) is 4.82. The van der Waals surface area contributed by atoms with Crippen molar-refractivity contribution in [2.24, 2.45) is 0 Å². The molecule has 5 heteroatoms. The van der Waals surface area contributed by atoms with E-state index in [2.05, 4.69) is 13.2 Å². The van der Waals surface area contributed by atoms with Gasteiger partial charge in [0.15, 0.2) is 0 Å². The molecule has 0 N–H and O–H groups in total. The molecule has 0 fully saturated rings. The van der Waals surface area contributed by atoms with E-state index in [0.717, 1.165) is 5.69 Å². The Kier molecular flexibility index (Phi) is 10.6. The first-order valence-electron chi connectivity index (χ1n) is 10.8. The Morgan fingerprint density at radius 1 is 1.15 bits per heavy atom. The number of hydrogen-bond donors (Lipinski definition) is 0. The second-order valence-electron chi connectivity index (χ2n) is 7.63. The topological polar surface area (TPSA) is 12.5 Å². The van der Waals surface area contributed by atoms with Gasteiger partial charge in [0.05, 0.1) is 12.1 Å². The lowest BCUT2D eigenvalue weighted by Crippen LogP contribution is -2.16. The van der Waals surface area contributed by atoms with E-state index in [1.807, 2.05) is 31.9 Å². The summed E-state index contributed by atoms with van der Waals surface area (Å²) >= 11 is 6.22. The second kappa shape index (κ2) is 12.4. The van der Waals surface area contributed by atoms with Crippen LogP contribution in [-0.2, 0) is 0 Å². The summed E-state index contributed by atoms with van der Waals surface area (Å²) in [5, 5.41) is 0.468. The first-order chi connectivity index (χ1) is 15.5. The SMILES string of the molecule is C=C/C=C\C(=C(/C)c1ccc(C(=C)N(C)c2ccc(OC)c(Cl)c2)cc1F)C(C)(C)F.CC. The van der Waals surface area contributed by atoms with Crippen LogP contribution in [0.4, 0.5) is 14.5 Å². The Morgan fingerprint density at radius 3 is 2.27 bits per heavy atom. The van der Waals surface area contributed by atoms with Crippen molar-refractivity contribution < 1.29 is 13.5 Å². The van der Waals surface area contributed by atoms with Gasteiger partial charge in [-0.2, -0.15) is 0 Å². The smallest absolute Gasteiger partial charge is 0.137 e. The maximum Gasteiger partial charge on any atom is 0.137 e. The monoisotopic (exact) mass is 473 g/mol. The number of halogens is 3. The molecule has 33 heavy (non-hydrogen) atoms. The van der Waals surface area contributed by atoms with Crippen molar-refractivity contribution in [2.45, 2.75) is 40.3 Å². The molecule has 0 aromatic heterocycles. The zero-order valence-corrected chi connectivity index (χ0v) is 21.4. The van der Waals surface area contributed by atoms with Gasteiger partial charge in [-0.15, -0.1) is 0 Å². The van der Waals surface area contributed by atoms with Gasteiger partial charge in [-0.05, 0) is 56.2 Å². The average Bonchev–Trinajstić information content (AvgIpc) is 2.78. The molecule has 2 nitrogen and oxygen atoms in total. The standard InChI is InChI=1S/C26H28ClF2NO.C2H6/c1-8-9-10-22(26(4,5)29)17(2)21-13-11-19(15-24(21)28)18(3)30(6)20-12-14-25(31-7)23(27)16-20;1-2/h8-16H,1,3H2,2,4-7H3;1-2H3/b10-9-,22-17-;. The van der Waals surface area contributed by atoms with Crippen LogP contribution in [0.15, 0.2) is 73.4 Å². The number of ether oxygens (including phenoxy) is 1. The van der Waals surface area contributed by atoms with Crippen LogP contribution in [0.25, 0.3) is 11.3 Å². The van der Waals surface area contributed by atoms with Gasteiger partial charge in [-0.25, -0.2) is 8.78 Å². The van der Waals surface area contributed by atoms with Crippen LogP contribution in [-0.4, -0.2) is 19.8 Å². The molecule has 0 unspecified atom stereocenters. The number of allylic oxidation sites excluding steroid dienone is 5. The van der Waals surface area contributed by atoms with Crippen LogP contribution < -0.4 is 9.64 Å². The highest BCUT2D eigenvalue weighted by Gasteiger charge is 2.24. The minimum absolute atomic E-state index is 0.334. The third kappa shape index (κ3) is 7.06. The molecule has 0 heterocycles. The minimum atomic E-state index is -1.63. The number of rotatable bonds is 8. The number of anilines is 1. The van der Waals surface area contributed by atoms with Crippen molar-refractivity contribution in [1.29, 1.82) is 0 Å². The van der Waals surface area contributed by atoms with Crippen molar-refractivity contribution in [3.8, 4) is 5.75 Å². The lowest BCUT2D eigenvalue weighted by atomic mass is 9.90. The molecule has 0 aliphatic heterocycles. The van der Waals surface area contributed by atoms with Crippen molar-refractivity contribution in [3.63, 3.8) is 0 Å². The van der Waals surface area contributed by atoms with Crippen LogP contribution >= 0.6 is 11.6 Å². The molecule has 0 spiro atoms. The number of benzene rings is 2.